The summed E-state index contributed by atoms with van der Waals surface area (Å²) in [5.74, 6) is 2.23. The number of thioether (sulfide) groups is 1. The van der Waals surface area contributed by atoms with Crippen LogP contribution in [0.3, 0.4) is 0 Å². The van der Waals surface area contributed by atoms with Crippen LogP contribution in [0.2, 0.25) is 0 Å². The van der Waals surface area contributed by atoms with Crippen molar-refractivity contribution in [3.8, 4) is 0 Å². The van der Waals surface area contributed by atoms with Gasteiger partial charge in [0.25, 0.3) is 5.91 Å². The molecule has 2 aromatic rings. The van der Waals surface area contributed by atoms with E-state index in [0.717, 1.165) is 30.3 Å². The fourth-order valence-corrected chi connectivity index (χ4v) is 4.39. The molecule has 26 heavy (non-hydrogen) atoms. The highest BCUT2D eigenvalue weighted by molar-refractivity contribution is 7.99. The van der Waals surface area contributed by atoms with Gasteiger partial charge in [0.15, 0.2) is 0 Å². The lowest BCUT2D eigenvalue weighted by Gasteiger charge is -2.26. The topological polar surface area (TPSA) is 71.2 Å². The molecule has 3 rings (SSSR count). The number of halogens is 2. The van der Waals surface area contributed by atoms with Crippen LogP contribution in [0, 0.1) is 0 Å². The van der Waals surface area contributed by atoms with Crippen molar-refractivity contribution in [2.45, 2.75) is 13.0 Å². The third kappa shape index (κ3) is 6.72. The number of carbonyl (C=O) groups is 1. The first kappa shape index (κ1) is 23.2. The van der Waals surface area contributed by atoms with Crippen molar-refractivity contribution in [1.82, 2.24) is 9.88 Å². The molecule has 144 valence electrons. The average molecular weight is 435 g/mol. The van der Waals surface area contributed by atoms with Crippen molar-refractivity contribution in [3.05, 3.63) is 45.9 Å². The summed E-state index contributed by atoms with van der Waals surface area (Å²) in [5.41, 5.74) is 8.02. The molecule has 1 fully saturated rings. The number of nitrogens with two attached hydrogens (primary N) is 1. The maximum atomic E-state index is 12.3. The SMILES string of the molecule is Cl.Cl.NCCc1nc(C(=O)Nc2cccc(CN3CCSCC3)c2)cs1. The summed E-state index contributed by atoms with van der Waals surface area (Å²) in [4.78, 5) is 19.1. The fourth-order valence-electron chi connectivity index (χ4n) is 2.61. The van der Waals surface area contributed by atoms with Crippen LogP contribution in [0.4, 0.5) is 5.69 Å². The van der Waals surface area contributed by atoms with Gasteiger partial charge in [-0.1, -0.05) is 12.1 Å². The van der Waals surface area contributed by atoms with Crippen LogP contribution >= 0.6 is 47.9 Å². The van der Waals surface area contributed by atoms with E-state index in [1.165, 1.54) is 28.4 Å². The van der Waals surface area contributed by atoms with E-state index in [9.17, 15) is 4.79 Å². The summed E-state index contributed by atoms with van der Waals surface area (Å²) in [7, 11) is 0. The number of nitrogens with one attached hydrogen (secondary N) is 1. The zero-order valence-corrected chi connectivity index (χ0v) is 17.6. The number of rotatable bonds is 6. The van der Waals surface area contributed by atoms with Crippen LogP contribution in [0.1, 0.15) is 21.1 Å². The molecule has 2 heterocycles. The summed E-state index contributed by atoms with van der Waals surface area (Å²) in [5, 5.41) is 5.63. The van der Waals surface area contributed by atoms with Crippen LogP contribution in [0.5, 0.6) is 0 Å². The molecule has 0 atom stereocenters. The Morgan fingerprint density at radius 1 is 1.27 bits per heavy atom. The number of carbonyl (C=O) groups excluding carboxylic acids is 1. The second kappa shape index (κ2) is 11.8. The summed E-state index contributed by atoms with van der Waals surface area (Å²) >= 11 is 3.49. The monoisotopic (exact) mass is 434 g/mol. The molecule has 1 aliphatic rings. The van der Waals surface area contributed by atoms with Crippen molar-refractivity contribution in [3.63, 3.8) is 0 Å². The number of nitrogens with zero attached hydrogens (tertiary/aromatic N) is 2. The molecule has 5 nitrogen and oxygen atoms in total. The molecule has 1 aromatic carbocycles. The van der Waals surface area contributed by atoms with E-state index in [4.69, 9.17) is 5.73 Å². The summed E-state index contributed by atoms with van der Waals surface area (Å²) in [6.07, 6.45) is 0.710. The van der Waals surface area contributed by atoms with Crippen LogP contribution in [-0.4, -0.2) is 46.9 Å². The van der Waals surface area contributed by atoms with Crippen LogP contribution in [0.25, 0.3) is 0 Å². The highest BCUT2D eigenvalue weighted by Crippen LogP contribution is 2.17. The molecule has 1 aliphatic heterocycles. The Morgan fingerprint density at radius 2 is 2.04 bits per heavy atom. The van der Waals surface area contributed by atoms with Crippen molar-refractivity contribution >= 4 is 59.5 Å². The van der Waals surface area contributed by atoms with Crippen LogP contribution < -0.4 is 11.1 Å². The summed E-state index contributed by atoms with van der Waals surface area (Å²) in [6, 6.07) is 8.07. The minimum atomic E-state index is -0.166. The number of aromatic nitrogens is 1. The van der Waals surface area contributed by atoms with Gasteiger partial charge in [0.2, 0.25) is 0 Å². The third-order valence-electron chi connectivity index (χ3n) is 3.84. The van der Waals surface area contributed by atoms with Gasteiger partial charge in [-0.2, -0.15) is 11.8 Å². The number of thiazole rings is 1. The van der Waals surface area contributed by atoms with E-state index in [1.807, 2.05) is 30.0 Å². The molecule has 0 saturated carbocycles. The maximum Gasteiger partial charge on any atom is 0.275 e. The van der Waals surface area contributed by atoms with E-state index in [-0.39, 0.29) is 30.7 Å². The molecule has 3 N–H and O–H groups in total. The third-order valence-corrected chi connectivity index (χ3v) is 5.69. The van der Waals surface area contributed by atoms with Gasteiger partial charge in [0.05, 0.1) is 5.01 Å². The maximum absolute atomic E-state index is 12.3. The molecule has 0 radical (unpaired) electrons. The van der Waals surface area contributed by atoms with E-state index in [1.54, 1.807) is 5.38 Å². The summed E-state index contributed by atoms with van der Waals surface area (Å²) in [6.45, 7) is 3.74. The van der Waals surface area contributed by atoms with Crippen LogP contribution in [0.15, 0.2) is 29.6 Å². The van der Waals surface area contributed by atoms with Gasteiger partial charge in [-0.25, -0.2) is 4.98 Å². The van der Waals surface area contributed by atoms with E-state index >= 15 is 0 Å². The quantitative estimate of drug-likeness (QED) is 0.729. The first-order valence-electron chi connectivity index (χ1n) is 8.09. The Bertz CT molecular complexity index is 693. The van der Waals surface area contributed by atoms with Crippen LogP contribution in [-0.2, 0) is 13.0 Å². The Hall–Kier alpha value is -0.830. The number of benzene rings is 1. The zero-order chi connectivity index (χ0) is 16.8. The lowest BCUT2D eigenvalue weighted by Crippen LogP contribution is -2.31. The second-order valence-corrected chi connectivity index (χ2v) is 7.88. The van der Waals surface area contributed by atoms with Crippen molar-refractivity contribution in [2.24, 2.45) is 5.73 Å². The Labute approximate surface area is 175 Å². The Kier molecular flexibility index (Phi) is 10.5. The van der Waals surface area contributed by atoms with Gasteiger partial charge in [0.1, 0.15) is 5.69 Å². The van der Waals surface area contributed by atoms with E-state index < -0.39 is 0 Å². The highest BCUT2D eigenvalue weighted by atomic mass is 35.5. The minimum Gasteiger partial charge on any atom is -0.330 e. The Balaban J connectivity index is 0.00000169. The fraction of sp³-hybridized carbons (Fsp3) is 0.412. The number of amides is 1. The lowest BCUT2D eigenvalue weighted by atomic mass is 10.2. The predicted octanol–water partition coefficient (Wildman–Crippen LogP) is 3.29. The molecule has 0 aliphatic carbocycles. The van der Waals surface area contributed by atoms with Crippen molar-refractivity contribution in [1.29, 1.82) is 0 Å². The van der Waals surface area contributed by atoms with Crippen molar-refractivity contribution in [2.75, 3.05) is 36.5 Å². The highest BCUT2D eigenvalue weighted by Gasteiger charge is 2.13. The first-order valence-corrected chi connectivity index (χ1v) is 10.1. The standard InChI is InChI=1S/C17H22N4OS2.2ClH/c18-5-4-16-20-15(12-24-16)17(22)19-14-3-1-2-13(10-14)11-21-6-8-23-9-7-21;;/h1-3,10,12H,4-9,11,18H2,(H,19,22);2*1H. The van der Waals surface area contributed by atoms with Gasteiger partial charge in [-0.3, -0.25) is 9.69 Å². The second-order valence-electron chi connectivity index (χ2n) is 5.71. The smallest absolute Gasteiger partial charge is 0.275 e. The molecule has 0 bridgehead atoms. The normalized spacial score (nSPS) is 14.2. The number of hydrogen-bond donors (Lipinski definition) is 2. The molecule has 9 heteroatoms. The Morgan fingerprint density at radius 3 is 2.77 bits per heavy atom. The molecule has 1 saturated heterocycles. The lowest BCUT2D eigenvalue weighted by molar-refractivity contribution is 0.102. The van der Waals surface area contributed by atoms with Gasteiger partial charge in [-0.05, 0) is 24.2 Å². The van der Waals surface area contributed by atoms with E-state index in [2.05, 4.69) is 21.3 Å². The predicted molar refractivity (Wildman–Crippen MR) is 116 cm³/mol. The average Bonchev–Trinajstić information content (AvgIpc) is 3.05. The number of hydrogen-bond acceptors (Lipinski definition) is 6. The van der Waals surface area contributed by atoms with Crippen molar-refractivity contribution < 1.29 is 4.79 Å². The molecule has 0 unspecified atom stereocenters. The molecule has 1 amide bonds. The summed E-state index contributed by atoms with van der Waals surface area (Å²) < 4.78 is 0. The van der Waals surface area contributed by atoms with Gasteiger partial charge in [-0.15, -0.1) is 36.2 Å². The van der Waals surface area contributed by atoms with E-state index in [0.29, 0.717) is 18.7 Å². The molecular weight excluding hydrogens is 411 g/mol. The molecule has 0 spiro atoms. The largest absolute Gasteiger partial charge is 0.330 e. The molecule has 1 aromatic heterocycles. The van der Waals surface area contributed by atoms with Gasteiger partial charge in [0, 0.05) is 48.6 Å². The van der Waals surface area contributed by atoms with Gasteiger partial charge >= 0.3 is 0 Å². The minimum absolute atomic E-state index is 0. The molecular formula is C17H24Cl2N4OS2. The van der Waals surface area contributed by atoms with Gasteiger partial charge < -0.3 is 11.1 Å². The number of anilines is 1. The zero-order valence-electron chi connectivity index (χ0n) is 14.3. The first-order chi connectivity index (χ1) is 11.7.